The Morgan fingerprint density at radius 2 is 2.12 bits per heavy atom. The van der Waals surface area contributed by atoms with Crippen molar-refractivity contribution < 1.29 is 17.9 Å². The maximum Gasteiger partial charge on any atom is 0.416 e. The first-order valence-electron chi connectivity index (χ1n) is 10.1. The van der Waals surface area contributed by atoms with Gasteiger partial charge < -0.3 is 15.4 Å². The zero-order valence-electron chi connectivity index (χ0n) is 17.7. The Morgan fingerprint density at radius 3 is 2.79 bits per heavy atom. The van der Waals surface area contributed by atoms with Crippen LogP contribution in [0.25, 0.3) is 5.52 Å². The fourth-order valence-electron chi connectivity index (χ4n) is 3.38. The molecule has 6 nitrogen and oxygen atoms in total. The van der Waals surface area contributed by atoms with Gasteiger partial charge in [-0.2, -0.15) is 18.3 Å². The molecule has 0 radical (unpaired) electrons. The zero-order chi connectivity index (χ0) is 23.6. The van der Waals surface area contributed by atoms with Crippen molar-refractivity contribution >= 4 is 22.9 Å². The number of rotatable bonds is 7. The van der Waals surface area contributed by atoms with Crippen molar-refractivity contribution in [2.24, 2.45) is 0 Å². The Morgan fingerprint density at radius 1 is 1.33 bits per heavy atom. The van der Waals surface area contributed by atoms with Crippen LogP contribution in [0.1, 0.15) is 24.0 Å². The van der Waals surface area contributed by atoms with Crippen LogP contribution in [0.15, 0.2) is 78.1 Å². The summed E-state index contributed by atoms with van der Waals surface area (Å²) in [6.45, 7) is 7.33. The molecule has 3 aromatic rings. The largest absolute Gasteiger partial charge is 0.456 e. The minimum absolute atomic E-state index is 0.00823. The number of hydrogen-bond donors (Lipinski definition) is 2. The van der Waals surface area contributed by atoms with Gasteiger partial charge in [0.15, 0.2) is 5.82 Å². The van der Waals surface area contributed by atoms with Gasteiger partial charge in [0, 0.05) is 30.9 Å². The fraction of sp³-hybridized carbons (Fsp3) is 0.217. The van der Waals surface area contributed by atoms with E-state index < -0.39 is 11.7 Å². The number of ether oxygens (including phenoxy) is 1. The van der Waals surface area contributed by atoms with Gasteiger partial charge in [0.05, 0.1) is 10.6 Å². The third-order valence-corrected chi connectivity index (χ3v) is 5.55. The first-order valence-corrected chi connectivity index (χ1v) is 10.5. The van der Waals surface area contributed by atoms with Crippen LogP contribution in [0.5, 0.6) is 5.75 Å². The Labute approximate surface area is 193 Å². The smallest absolute Gasteiger partial charge is 0.416 e. The van der Waals surface area contributed by atoms with Crippen molar-refractivity contribution in [3.8, 4) is 5.75 Å². The molecule has 0 atom stereocenters. The van der Waals surface area contributed by atoms with E-state index in [1.807, 2.05) is 19.2 Å². The van der Waals surface area contributed by atoms with Gasteiger partial charge in [-0.3, -0.25) is 0 Å². The van der Waals surface area contributed by atoms with Crippen molar-refractivity contribution in [1.29, 1.82) is 0 Å². The quantitative estimate of drug-likeness (QED) is 0.350. The summed E-state index contributed by atoms with van der Waals surface area (Å²) < 4.78 is 46.0. The van der Waals surface area contributed by atoms with Crippen LogP contribution >= 0.6 is 11.6 Å². The summed E-state index contributed by atoms with van der Waals surface area (Å²) >= 11 is 6.35. The highest BCUT2D eigenvalue weighted by Crippen LogP contribution is 2.33. The molecular weight excluding hydrogens is 455 g/mol. The third-order valence-electron chi connectivity index (χ3n) is 5.23. The zero-order valence-corrected chi connectivity index (χ0v) is 18.4. The van der Waals surface area contributed by atoms with E-state index in [1.54, 1.807) is 16.7 Å². The predicted molar refractivity (Wildman–Crippen MR) is 121 cm³/mol. The first-order chi connectivity index (χ1) is 15.8. The molecule has 1 aliphatic rings. The Hall–Kier alpha value is -3.30. The molecule has 1 fully saturated rings. The molecule has 33 heavy (non-hydrogen) atoms. The molecule has 10 heteroatoms. The number of fused-ring (bicyclic) bond motifs is 1. The SMILES string of the molecule is C=C(Oc1cccc(C(F)(F)F)c1)/C(Cl)=C\C(=C/C)Nc1ncnn2ccc(C3CNC3)c12. The summed E-state index contributed by atoms with van der Waals surface area (Å²) in [6.07, 6.45) is 2.22. The van der Waals surface area contributed by atoms with Crippen LogP contribution in [0.4, 0.5) is 19.0 Å². The minimum atomic E-state index is -4.47. The van der Waals surface area contributed by atoms with Crippen LogP contribution in [-0.2, 0) is 6.18 Å². The molecule has 0 aliphatic carbocycles. The van der Waals surface area contributed by atoms with E-state index in [4.69, 9.17) is 16.3 Å². The lowest BCUT2D eigenvalue weighted by atomic mass is 9.95. The molecule has 1 aromatic carbocycles. The van der Waals surface area contributed by atoms with Crippen LogP contribution in [-0.4, -0.2) is 27.7 Å². The lowest BCUT2D eigenvalue weighted by Crippen LogP contribution is -2.39. The van der Waals surface area contributed by atoms with E-state index in [9.17, 15) is 13.2 Å². The second kappa shape index (κ2) is 9.29. The Bertz CT molecular complexity index is 1240. The average molecular weight is 476 g/mol. The maximum absolute atomic E-state index is 12.9. The number of anilines is 1. The van der Waals surface area contributed by atoms with Gasteiger partial charge in [-0.1, -0.05) is 30.3 Å². The lowest BCUT2D eigenvalue weighted by Gasteiger charge is -2.27. The summed E-state index contributed by atoms with van der Waals surface area (Å²) in [6, 6.07) is 6.55. The highest BCUT2D eigenvalue weighted by atomic mass is 35.5. The van der Waals surface area contributed by atoms with Gasteiger partial charge in [-0.15, -0.1) is 0 Å². The summed E-state index contributed by atoms with van der Waals surface area (Å²) in [7, 11) is 0. The standard InChI is InChI=1S/C23H21ClF3N5O/c1-3-17(10-20(24)14(2)33-18-6-4-5-16(9-18)23(25,26)27)31-22-21-19(15-11-28-12-15)7-8-32(21)30-13-29-22/h3-10,13,15,28H,2,11-12H2,1H3,(H,29,30,31)/b17-3+,20-10+. The van der Waals surface area contributed by atoms with E-state index in [0.717, 1.165) is 36.3 Å². The van der Waals surface area contributed by atoms with Crippen molar-refractivity contribution in [3.05, 3.63) is 89.2 Å². The molecule has 1 saturated heterocycles. The fourth-order valence-corrected chi connectivity index (χ4v) is 3.54. The number of aromatic nitrogens is 3. The number of benzene rings is 1. The van der Waals surface area contributed by atoms with Gasteiger partial charge >= 0.3 is 6.18 Å². The predicted octanol–water partition coefficient (Wildman–Crippen LogP) is 5.47. The van der Waals surface area contributed by atoms with Crippen molar-refractivity contribution in [3.63, 3.8) is 0 Å². The molecule has 4 rings (SSSR count). The monoisotopic (exact) mass is 475 g/mol. The van der Waals surface area contributed by atoms with Crippen LogP contribution in [0.3, 0.4) is 0 Å². The van der Waals surface area contributed by atoms with Crippen molar-refractivity contribution in [2.45, 2.75) is 19.0 Å². The number of alkyl halides is 3. The van der Waals surface area contributed by atoms with Crippen molar-refractivity contribution in [2.75, 3.05) is 18.4 Å². The molecule has 2 aromatic heterocycles. The minimum Gasteiger partial charge on any atom is -0.456 e. The number of nitrogens with one attached hydrogen (secondary N) is 2. The maximum atomic E-state index is 12.9. The molecule has 0 saturated carbocycles. The van der Waals surface area contributed by atoms with Gasteiger partial charge in [0.25, 0.3) is 0 Å². The van der Waals surface area contributed by atoms with Crippen molar-refractivity contribution in [1.82, 2.24) is 19.9 Å². The van der Waals surface area contributed by atoms with Crippen LogP contribution < -0.4 is 15.4 Å². The molecule has 2 N–H and O–H groups in total. The normalized spacial score (nSPS) is 15.4. The summed E-state index contributed by atoms with van der Waals surface area (Å²) in [5, 5.41) is 10.9. The summed E-state index contributed by atoms with van der Waals surface area (Å²) in [5.74, 6) is 0.986. The second-order valence-electron chi connectivity index (χ2n) is 7.44. The van der Waals surface area contributed by atoms with Crippen LogP contribution in [0.2, 0.25) is 0 Å². The first kappa shape index (κ1) is 22.9. The van der Waals surface area contributed by atoms with Gasteiger partial charge in [-0.05, 0) is 42.8 Å². The number of allylic oxidation sites excluding steroid dienone is 3. The topological polar surface area (TPSA) is 63.5 Å². The molecular formula is C23H21ClF3N5O. The number of hydrogen-bond acceptors (Lipinski definition) is 5. The summed E-state index contributed by atoms with van der Waals surface area (Å²) in [4.78, 5) is 4.38. The number of nitrogens with zero attached hydrogens (tertiary/aromatic N) is 3. The molecule has 1 aliphatic heterocycles. The molecule has 0 spiro atoms. The summed E-state index contributed by atoms with van der Waals surface area (Å²) in [5.41, 5.74) is 1.79. The van der Waals surface area contributed by atoms with Crippen LogP contribution in [0, 0.1) is 0 Å². The van der Waals surface area contributed by atoms with E-state index in [0.29, 0.717) is 17.4 Å². The highest BCUT2D eigenvalue weighted by Gasteiger charge is 2.30. The van der Waals surface area contributed by atoms with Gasteiger partial charge in [0.1, 0.15) is 23.4 Å². The van der Waals surface area contributed by atoms with E-state index in [-0.39, 0.29) is 16.5 Å². The van der Waals surface area contributed by atoms with E-state index in [1.165, 1.54) is 18.5 Å². The van der Waals surface area contributed by atoms with E-state index >= 15 is 0 Å². The Kier molecular flexibility index (Phi) is 6.44. The van der Waals surface area contributed by atoms with E-state index in [2.05, 4.69) is 27.3 Å². The molecule has 0 unspecified atom stereocenters. The van der Waals surface area contributed by atoms with Gasteiger partial charge in [-0.25, -0.2) is 9.50 Å². The third kappa shape index (κ3) is 5.04. The average Bonchev–Trinajstić information content (AvgIpc) is 3.16. The number of halogens is 4. The second-order valence-corrected chi connectivity index (χ2v) is 7.85. The molecule has 172 valence electrons. The Balaban J connectivity index is 1.52. The lowest BCUT2D eigenvalue weighted by molar-refractivity contribution is -0.137. The highest BCUT2D eigenvalue weighted by molar-refractivity contribution is 6.31. The molecule has 0 bridgehead atoms. The molecule has 3 heterocycles. The van der Waals surface area contributed by atoms with Gasteiger partial charge in [0.2, 0.25) is 0 Å². The molecule has 0 amide bonds.